The summed E-state index contributed by atoms with van der Waals surface area (Å²) in [6.45, 7) is 2.44. The fourth-order valence-electron chi connectivity index (χ4n) is 4.89. The first-order valence-corrected chi connectivity index (χ1v) is 15.3. The van der Waals surface area contributed by atoms with Crippen molar-refractivity contribution in [3.8, 4) is 10.4 Å². The van der Waals surface area contributed by atoms with Crippen molar-refractivity contribution >= 4 is 33.4 Å². The fraction of sp³-hybridized carbons (Fsp3) is 0.393. The van der Waals surface area contributed by atoms with Crippen LogP contribution in [0.3, 0.4) is 0 Å². The standard InChI is InChI=1S/C28H34N4O5S2/c1-3-30-39(36,37)25-15-20(16-26(33)32(2)18-19-7-5-4-6-8-19)9-14-23(25)24-17-29-27(38-24)21-10-12-22(13-11-21)31-28(34)35/h4-9,14-15,17,21-22,30-31H,3,10-13,16,18H2,1-2H3,(H,34,35)/t21-,22-. The van der Waals surface area contributed by atoms with Crippen LogP contribution < -0.4 is 10.0 Å². The summed E-state index contributed by atoms with van der Waals surface area (Å²) >= 11 is 1.47. The molecule has 208 valence electrons. The zero-order valence-corrected chi connectivity index (χ0v) is 23.7. The summed E-state index contributed by atoms with van der Waals surface area (Å²) in [6, 6.07) is 14.8. The normalized spacial score (nSPS) is 17.5. The van der Waals surface area contributed by atoms with E-state index in [1.165, 1.54) is 11.3 Å². The third kappa shape index (κ3) is 7.43. The number of nitrogens with zero attached hydrogens (tertiary/aromatic N) is 2. The van der Waals surface area contributed by atoms with Gasteiger partial charge in [-0.25, -0.2) is 22.9 Å². The van der Waals surface area contributed by atoms with Crippen molar-refractivity contribution in [2.75, 3.05) is 13.6 Å². The highest BCUT2D eigenvalue weighted by Crippen LogP contribution is 2.39. The Morgan fingerprint density at radius 1 is 1.08 bits per heavy atom. The minimum Gasteiger partial charge on any atom is -0.465 e. The van der Waals surface area contributed by atoms with Gasteiger partial charge in [-0.05, 0) is 42.9 Å². The van der Waals surface area contributed by atoms with Gasteiger partial charge >= 0.3 is 6.09 Å². The first-order chi connectivity index (χ1) is 18.7. The van der Waals surface area contributed by atoms with Crippen LogP contribution >= 0.6 is 11.3 Å². The Balaban J connectivity index is 1.54. The van der Waals surface area contributed by atoms with Crippen LogP contribution in [0.2, 0.25) is 0 Å². The molecule has 0 bridgehead atoms. The number of likely N-dealkylation sites (N-methyl/N-ethyl adjacent to an activating group) is 1. The molecule has 2 aromatic carbocycles. The van der Waals surface area contributed by atoms with Gasteiger partial charge in [0.2, 0.25) is 15.9 Å². The molecular weight excluding hydrogens is 536 g/mol. The number of hydrogen-bond donors (Lipinski definition) is 3. The molecule has 1 aliphatic rings. The Bertz CT molecular complexity index is 1400. The largest absolute Gasteiger partial charge is 0.465 e. The van der Waals surface area contributed by atoms with E-state index in [-0.39, 0.29) is 35.7 Å². The van der Waals surface area contributed by atoms with Gasteiger partial charge in [0.05, 0.1) is 21.2 Å². The van der Waals surface area contributed by atoms with Crippen molar-refractivity contribution in [2.45, 2.75) is 62.4 Å². The summed E-state index contributed by atoms with van der Waals surface area (Å²) in [5.74, 6) is 0.105. The lowest BCUT2D eigenvalue weighted by Crippen LogP contribution is -2.36. The molecule has 1 saturated carbocycles. The quantitative estimate of drug-likeness (QED) is 0.327. The van der Waals surface area contributed by atoms with Crippen molar-refractivity contribution in [3.63, 3.8) is 0 Å². The smallest absolute Gasteiger partial charge is 0.404 e. The van der Waals surface area contributed by atoms with Gasteiger partial charge in [-0.1, -0.05) is 49.4 Å². The molecule has 1 fully saturated rings. The van der Waals surface area contributed by atoms with Crippen LogP contribution in [-0.4, -0.2) is 55.0 Å². The van der Waals surface area contributed by atoms with Crippen molar-refractivity contribution in [1.29, 1.82) is 0 Å². The van der Waals surface area contributed by atoms with Gasteiger partial charge in [-0.2, -0.15) is 0 Å². The van der Waals surface area contributed by atoms with Crippen molar-refractivity contribution in [1.82, 2.24) is 19.9 Å². The van der Waals surface area contributed by atoms with Gasteiger partial charge in [-0.3, -0.25) is 4.79 Å². The van der Waals surface area contributed by atoms with E-state index in [0.29, 0.717) is 17.7 Å². The van der Waals surface area contributed by atoms with E-state index in [2.05, 4.69) is 15.0 Å². The molecular formula is C28H34N4O5S2. The van der Waals surface area contributed by atoms with E-state index in [0.717, 1.165) is 41.1 Å². The third-order valence-electron chi connectivity index (χ3n) is 6.91. The van der Waals surface area contributed by atoms with Gasteiger partial charge in [0.15, 0.2) is 0 Å². The topological polar surface area (TPSA) is 129 Å². The second kappa shape index (κ2) is 12.7. The van der Waals surface area contributed by atoms with Crippen LogP contribution in [0, 0.1) is 0 Å². The predicted octanol–water partition coefficient (Wildman–Crippen LogP) is 4.60. The van der Waals surface area contributed by atoms with E-state index in [1.54, 1.807) is 43.3 Å². The molecule has 39 heavy (non-hydrogen) atoms. The minimum absolute atomic E-state index is 0.0444. The first-order valence-electron chi connectivity index (χ1n) is 13.0. The molecule has 3 aromatic rings. The maximum absolute atomic E-state index is 13.2. The van der Waals surface area contributed by atoms with Crippen LogP contribution in [-0.2, 0) is 27.8 Å². The maximum Gasteiger partial charge on any atom is 0.404 e. The molecule has 0 aliphatic heterocycles. The summed E-state index contributed by atoms with van der Waals surface area (Å²) in [4.78, 5) is 31.0. The second-order valence-corrected chi connectivity index (χ2v) is 12.6. The summed E-state index contributed by atoms with van der Waals surface area (Å²) in [5, 5.41) is 12.4. The third-order valence-corrected chi connectivity index (χ3v) is 9.69. The number of aromatic nitrogens is 1. The average Bonchev–Trinajstić information content (AvgIpc) is 3.39. The molecule has 11 heteroatoms. The van der Waals surface area contributed by atoms with Crippen LogP contribution in [0.4, 0.5) is 4.79 Å². The molecule has 0 saturated heterocycles. The Kier molecular flexibility index (Phi) is 9.36. The number of hydrogen-bond acceptors (Lipinski definition) is 6. The van der Waals surface area contributed by atoms with Crippen LogP contribution in [0.25, 0.3) is 10.4 Å². The highest BCUT2D eigenvalue weighted by molar-refractivity contribution is 7.89. The number of carbonyl (C=O) groups is 2. The number of nitrogens with one attached hydrogen (secondary N) is 2. The molecule has 1 heterocycles. The molecule has 1 aliphatic carbocycles. The zero-order chi connectivity index (χ0) is 28.0. The fourth-order valence-corrected chi connectivity index (χ4v) is 7.39. The van der Waals surface area contributed by atoms with Crippen LogP contribution in [0.15, 0.2) is 59.6 Å². The number of carboxylic acid groups (broad SMARTS) is 1. The molecule has 3 N–H and O–H groups in total. The van der Waals surface area contributed by atoms with Crippen LogP contribution in [0.1, 0.15) is 54.7 Å². The second-order valence-electron chi connectivity index (χ2n) is 9.80. The number of benzene rings is 2. The molecule has 4 rings (SSSR count). The first kappa shape index (κ1) is 28.7. The Morgan fingerprint density at radius 2 is 1.79 bits per heavy atom. The molecule has 0 atom stereocenters. The number of sulfonamides is 1. The van der Waals surface area contributed by atoms with Gasteiger partial charge in [0.1, 0.15) is 0 Å². The maximum atomic E-state index is 13.2. The number of rotatable bonds is 10. The van der Waals surface area contributed by atoms with Crippen molar-refractivity contribution in [3.05, 3.63) is 70.9 Å². The van der Waals surface area contributed by atoms with Crippen molar-refractivity contribution in [2.24, 2.45) is 0 Å². The Labute approximate surface area is 233 Å². The summed E-state index contributed by atoms with van der Waals surface area (Å²) in [6.07, 6.45) is 3.91. The summed E-state index contributed by atoms with van der Waals surface area (Å²) in [7, 11) is -2.07. The van der Waals surface area contributed by atoms with Gasteiger partial charge in [0, 0.05) is 43.9 Å². The summed E-state index contributed by atoms with van der Waals surface area (Å²) < 4.78 is 29.0. The molecule has 0 radical (unpaired) electrons. The SMILES string of the molecule is CCNS(=O)(=O)c1cc(CC(=O)N(C)Cc2ccccc2)ccc1-c1cnc([C@H]2CC[C@H](NC(=O)O)CC2)s1. The lowest BCUT2D eigenvalue weighted by molar-refractivity contribution is -0.129. The van der Waals surface area contributed by atoms with E-state index >= 15 is 0 Å². The lowest BCUT2D eigenvalue weighted by Gasteiger charge is -2.27. The van der Waals surface area contributed by atoms with E-state index in [4.69, 9.17) is 5.11 Å². The number of amides is 2. The highest BCUT2D eigenvalue weighted by Gasteiger charge is 2.27. The van der Waals surface area contributed by atoms with Crippen molar-refractivity contribution < 1.29 is 23.1 Å². The molecule has 1 aromatic heterocycles. The zero-order valence-electron chi connectivity index (χ0n) is 22.1. The van der Waals surface area contributed by atoms with Gasteiger partial charge in [0.25, 0.3) is 0 Å². The predicted molar refractivity (Wildman–Crippen MR) is 151 cm³/mol. The van der Waals surface area contributed by atoms with Gasteiger partial charge < -0.3 is 15.3 Å². The number of thiazole rings is 1. The monoisotopic (exact) mass is 570 g/mol. The van der Waals surface area contributed by atoms with Crippen LogP contribution in [0.5, 0.6) is 0 Å². The van der Waals surface area contributed by atoms with E-state index < -0.39 is 16.1 Å². The van der Waals surface area contributed by atoms with E-state index in [9.17, 15) is 18.0 Å². The van der Waals surface area contributed by atoms with E-state index in [1.807, 2.05) is 30.3 Å². The summed E-state index contributed by atoms with van der Waals surface area (Å²) in [5.41, 5.74) is 2.19. The minimum atomic E-state index is -3.81. The molecule has 0 spiro atoms. The Hall–Kier alpha value is -3.28. The Morgan fingerprint density at radius 3 is 2.46 bits per heavy atom. The molecule has 2 amide bonds. The van der Waals surface area contributed by atoms with Gasteiger partial charge in [-0.15, -0.1) is 11.3 Å². The molecule has 0 unspecified atom stereocenters. The molecule has 9 nitrogen and oxygen atoms in total. The average molecular weight is 571 g/mol. The number of carbonyl (C=O) groups excluding carboxylic acids is 1. The lowest BCUT2D eigenvalue weighted by atomic mass is 9.86. The highest BCUT2D eigenvalue weighted by atomic mass is 32.2.